The number of para-hydroxylation sites is 1. The van der Waals surface area contributed by atoms with Crippen molar-refractivity contribution < 1.29 is 8.94 Å². The molecule has 3 rings (SSSR count). The van der Waals surface area contributed by atoms with E-state index in [1.165, 1.54) is 0 Å². The average Bonchev–Trinajstić information content (AvgIpc) is 3.05. The molecule has 0 amide bonds. The van der Waals surface area contributed by atoms with Crippen LogP contribution in [0, 0.1) is 0 Å². The average molecular weight is 257 g/mol. The summed E-state index contributed by atoms with van der Waals surface area (Å²) >= 11 is 0. The Morgan fingerprint density at radius 1 is 1.32 bits per heavy atom. The summed E-state index contributed by atoms with van der Waals surface area (Å²) in [5.41, 5.74) is 0.823. The van der Waals surface area contributed by atoms with Crippen molar-refractivity contribution in [3.05, 3.63) is 36.2 Å². The van der Waals surface area contributed by atoms with Crippen LogP contribution in [0.25, 0.3) is 22.6 Å². The number of rotatable bonds is 4. The lowest BCUT2D eigenvalue weighted by Crippen LogP contribution is -2.17. The Morgan fingerprint density at radius 2 is 2.16 bits per heavy atom. The van der Waals surface area contributed by atoms with Crippen LogP contribution in [0.2, 0.25) is 0 Å². The number of hydrogen-bond acceptors (Lipinski definition) is 5. The molecule has 0 saturated carbocycles. The van der Waals surface area contributed by atoms with Gasteiger partial charge in [-0.05, 0) is 25.6 Å². The number of fused-ring (bicyclic) bond motifs is 1. The maximum atomic E-state index is 5.70. The predicted molar refractivity (Wildman–Crippen MR) is 71.6 cm³/mol. The molecule has 5 nitrogen and oxygen atoms in total. The highest BCUT2D eigenvalue weighted by Gasteiger charge is 2.16. The van der Waals surface area contributed by atoms with Crippen LogP contribution in [-0.4, -0.2) is 16.7 Å². The lowest BCUT2D eigenvalue weighted by atomic mass is 10.2. The molecule has 0 aliphatic rings. The summed E-state index contributed by atoms with van der Waals surface area (Å²) in [6, 6.07) is 9.77. The fourth-order valence-electron chi connectivity index (χ4n) is 2.00. The molecular formula is C14H15N3O2. The van der Waals surface area contributed by atoms with Gasteiger partial charge in [0.25, 0.3) is 0 Å². The van der Waals surface area contributed by atoms with Gasteiger partial charge in [0.05, 0.1) is 6.04 Å². The monoisotopic (exact) mass is 257 g/mol. The molecule has 1 atom stereocenters. The molecule has 1 unspecified atom stereocenters. The molecule has 5 heteroatoms. The summed E-state index contributed by atoms with van der Waals surface area (Å²) in [4.78, 5) is 4.36. The van der Waals surface area contributed by atoms with E-state index in [1.54, 1.807) is 0 Å². The first-order chi connectivity index (χ1) is 9.28. The van der Waals surface area contributed by atoms with E-state index in [0.717, 1.165) is 17.5 Å². The molecule has 2 aromatic heterocycles. The molecule has 0 aliphatic heterocycles. The first-order valence-electron chi connectivity index (χ1n) is 6.34. The molecule has 1 aromatic carbocycles. The van der Waals surface area contributed by atoms with Gasteiger partial charge < -0.3 is 14.3 Å². The third-order valence-electron chi connectivity index (χ3n) is 2.97. The van der Waals surface area contributed by atoms with E-state index in [-0.39, 0.29) is 6.04 Å². The Hall–Kier alpha value is -2.14. The molecule has 0 saturated heterocycles. The van der Waals surface area contributed by atoms with Crippen molar-refractivity contribution in [2.45, 2.75) is 19.9 Å². The minimum absolute atomic E-state index is 0.0376. The van der Waals surface area contributed by atoms with Crippen molar-refractivity contribution in [1.29, 1.82) is 0 Å². The lowest BCUT2D eigenvalue weighted by molar-refractivity contribution is 0.341. The van der Waals surface area contributed by atoms with Gasteiger partial charge >= 0.3 is 0 Å². The summed E-state index contributed by atoms with van der Waals surface area (Å²) in [6.07, 6.45) is 0. The fraction of sp³-hybridized carbons (Fsp3) is 0.286. The van der Waals surface area contributed by atoms with Crippen molar-refractivity contribution in [3.63, 3.8) is 0 Å². The number of hydrogen-bond donors (Lipinski definition) is 1. The van der Waals surface area contributed by atoms with E-state index < -0.39 is 0 Å². The highest BCUT2D eigenvalue weighted by molar-refractivity contribution is 5.81. The van der Waals surface area contributed by atoms with E-state index >= 15 is 0 Å². The van der Waals surface area contributed by atoms with Crippen LogP contribution >= 0.6 is 0 Å². The van der Waals surface area contributed by atoms with Gasteiger partial charge in [0, 0.05) is 5.39 Å². The van der Waals surface area contributed by atoms with Gasteiger partial charge in [-0.1, -0.05) is 30.3 Å². The second kappa shape index (κ2) is 4.85. The van der Waals surface area contributed by atoms with E-state index in [1.807, 2.05) is 44.2 Å². The molecule has 0 radical (unpaired) electrons. The predicted octanol–water partition coefficient (Wildman–Crippen LogP) is 3.15. The van der Waals surface area contributed by atoms with Crippen molar-refractivity contribution in [2.75, 3.05) is 6.54 Å². The zero-order valence-electron chi connectivity index (χ0n) is 10.9. The van der Waals surface area contributed by atoms with Crippen LogP contribution in [-0.2, 0) is 0 Å². The van der Waals surface area contributed by atoms with Gasteiger partial charge in [0.2, 0.25) is 11.7 Å². The molecule has 2 heterocycles. The molecular weight excluding hydrogens is 242 g/mol. The van der Waals surface area contributed by atoms with E-state index in [4.69, 9.17) is 8.94 Å². The van der Waals surface area contributed by atoms with Crippen molar-refractivity contribution in [1.82, 2.24) is 15.5 Å². The maximum Gasteiger partial charge on any atom is 0.243 e. The van der Waals surface area contributed by atoms with Gasteiger partial charge in [-0.25, -0.2) is 0 Å². The Kier molecular flexibility index (Phi) is 3.05. The number of aromatic nitrogens is 2. The van der Waals surface area contributed by atoms with Gasteiger partial charge in [-0.3, -0.25) is 0 Å². The Bertz CT molecular complexity index is 654. The van der Waals surface area contributed by atoms with Crippen molar-refractivity contribution >= 4 is 11.0 Å². The molecule has 0 bridgehead atoms. The highest BCUT2D eigenvalue weighted by atomic mass is 16.5. The van der Waals surface area contributed by atoms with Crippen molar-refractivity contribution in [3.8, 4) is 11.6 Å². The number of benzene rings is 1. The zero-order chi connectivity index (χ0) is 13.2. The molecule has 0 aliphatic carbocycles. The third-order valence-corrected chi connectivity index (χ3v) is 2.97. The molecule has 0 fully saturated rings. The van der Waals surface area contributed by atoms with Gasteiger partial charge in [0.1, 0.15) is 5.58 Å². The summed E-state index contributed by atoms with van der Waals surface area (Å²) in [5, 5.41) is 8.22. The molecule has 98 valence electrons. The van der Waals surface area contributed by atoms with E-state index in [9.17, 15) is 0 Å². The zero-order valence-corrected chi connectivity index (χ0v) is 10.9. The quantitative estimate of drug-likeness (QED) is 0.777. The first-order valence-corrected chi connectivity index (χ1v) is 6.34. The number of nitrogens with one attached hydrogen (secondary N) is 1. The van der Waals surface area contributed by atoms with Crippen LogP contribution in [0.3, 0.4) is 0 Å². The SMILES string of the molecule is CCNC(C)c1nc(-c2cc3ccccc3o2)no1. The molecule has 3 aromatic rings. The van der Waals surface area contributed by atoms with E-state index in [2.05, 4.69) is 15.5 Å². The topological polar surface area (TPSA) is 64.1 Å². The normalized spacial score (nSPS) is 12.9. The molecule has 1 N–H and O–H groups in total. The second-order valence-electron chi connectivity index (χ2n) is 4.38. The number of furan rings is 1. The third kappa shape index (κ3) is 2.24. The van der Waals surface area contributed by atoms with Gasteiger partial charge in [0.15, 0.2) is 5.76 Å². The first kappa shape index (κ1) is 11.9. The minimum Gasteiger partial charge on any atom is -0.453 e. The van der Waals surface area contributed by atoms with E-state index in [0.29, 0.717) is 17.5 Å². The van der Waals surface area contributed by atoms with Crippen LogP contribution in [0.5, 0.6) is 0 Å². The minimum atomic E-state index is 0.0376. The van der Waals surface area contributed by atoms with Crippen LogP contribution < -0.4 is 5.32 Å². The van der Waals surface area contributed by atoms with Crippen molar-refractivity contribution in [2.24, 2.45) is 0 Å². The van der Waals surface area contributed by atoms with Crippen LogP contribution in [0.4, 0.5) is 0 Å². The Morgan fingerprint density at radius 3 is 2.95 bits per heavy atom. The standard InChI is InChI=1S/C14H15N3O2/c1-3-15-9(2)14-16-13(17-19-14)12-8-10-6-4-5-7-11(10)18-12/h4-9,15H,3H2,1-2H3. The molecule has 19 heavy (non-hydrogen) atoms. The number of nitrogens with zero attached hydrogens (tertiary/aromatic N) is 2. The Balaban J connectivity index is 1.93. The van der Waals surface area contributed by atoms with Crippen LogP contribution in [0.1, 0.15) is 25.8 Å². The lowest BCUT2D eigenvalue weighted by Gasteiger charge is -2.04. The smallest absolute Gasteiger partial charge is 0.243 e. The summed E-state index contributed by atoms with van der Waals surface area (Å²) in [7, 11) is 0. The largest absolute Gasteiger partial charge is 0.453 e. The van der Waals surface area contributed by atoms with Gasteiger partial charge in [-0.15, -0.1) is 0 Å². The van der Waals surface area contributed by atoms with Gasteiger partial charge in [-0.2, -0.15) is 4.98 Å². The summed E-state index contributed by atoms with van der Waals surface area (Å²) < 4.78 is 10.9. The van der Waals surface area contributed by atoms with Crippen LogP contribution in [0.15, 0.2) is 39.3 Å². The summed E-state index contributed by atoms with van der Waals surface area (Å²) in [6.45, 7) is 4.87. The molecule has 0 spiro atoms. The second-order valence-corrected chi connectivity index (χ2v) is 4.38. The fourth-order valence-corrected chi connectivity index (χ4v) is 2.00. The highest BCUT2D eigenvalue weighted by Crippen LogP contribution is 2.26. The Labute approximate surface area is 110 Å². The summed E-state index contributed by atoms with van der Waals surface area (Å²) in [5.74, 6) is 1.67. The maximum absolute atomic E-state index is 5.70.